The number of ether oxygens (including phenoxy) is 1. The van der Waals surface area contributed by atoms with Crippen LogP contribution in [0.5, 0.6) is 0 Å². The van der Waals surface area contributed by atoms with Crippen LogP contribution >= 0.6 is 0 Å². The van der Waals surface area contributed by atoms with Gasteiger partial charge in [-0.3, -0.25) is 14.4 Å². The predicted octanol–water partition coefficient (Wildman–Crippen LogP) is 2.84. The van der Waals surface area contributed by atoms with E-state index in [0.29, 0.717) is 32.2 Å². The van der Waals surface area contributed by atoms with E-state index in [1.807, 2.05) is 12.2 Å². The molecule has 3 aliphatic rings. The topological polar surface area (TPSA) is 140 Å². The second-order valence-corrected chi connectivity index (χ2v) is 14.5. The van der Waals surface area contributed by atoms with E-state index in [1.54, 1.807) is 41.5 Å². The molecule has 2 aliphatic heterocycles. The van der Waals surface area contributed by atoms with Gasteiger partial charge in [0.05, 0.1) is 11.4 Å². The minimum atomic E-state index is -1.63. The summed E-state index contributed by atoms with van der Waals surface area (Å²) in [6.07, 6.45) is 8.56. The highest BCUT2D eigenvalue weighted by atomic mass is 32.2. The van der Waals surface area contributed by atoms with Gasteiger partial charge in [-0.1, -0.05) is 25.0 Å². The van der Waals surface area contributed by atoms with Crippen molar-refractivity contribution in [3.05, 3.63) is 12.2 Å². The van der Waals surface area contributed by atoms with Gasteiger partial charge in [0, 0.05) is 12.5 Å². The van der Waals surface area contributed by atoms with E-state index in [1.165, 1.54) is 4.90 Å². The van der Waals surface area contributed by atoms with Crippen LogP contribution in [0, 0.1) is 5.92 Å². The van der Waals surface area contributed by atoms with Crippen molar-refractivity contribution in [2.75, 3.05) is 6.54 Å². The van der Waals surface area contributed by atoms with Crippen LogP contribution in [-0.4, -0.2) is 67.8 Å². The highest BCUT2D eigenvalue weighted by Gasteiger charge is 2.62. The maximum Gasteiger partial charge on any atom is 0.408 e. The number of carbonyl (C=O) groups excluding carboxylic acids is 4. The minimum Gasteiger partial charge on any atom is -0.593 e. The summed E-state index contributed by atoms with van der Waals surface area (Å²) in [7, 11) is 0. The number of nitrogens with one attached hydrogen (secondary N) is 3. The Kier molecular flexibility index (Phi) is 9.45. The summed E-state index contributed by atoms with van der Waals surface area (Å²) in [6, 6.07) is -1.56. The Morgan fingerprint density at radius 2 is 1.82 bits per heavy atom. The molecular formula is C27H44N4O6S. The highest BCUT2D eigenvalue weighted by Crippen LogP contribution is 2.46. The molecule has 1 aliphatic carbocycles. The fourth-order valence-electron chi connectivity index (χ4n) is 4.87. The third-order valence-corrected chi connectivity index (χ3v) is 8.55. The third-order valence-electron chi connectivity index (χ3n) is 7.07. The first-order valence-electron chi connectivity index (χ1n) is 13.7. The van der Waals surface area contributed by atoms with Gasteiger partial charge in [0.1, 0.15) is 28.0 Å². The zero-order chi connectivity index (χ0) is 28.3. The summed E-state index contributed by atoms with van der Waals surface area (Å²) in [5.74, 6) is -1.41. The monoisotopic (exact) mass is 552 g/mol. The molecule has 1 saturated heterocycles. The molecule has 0 bridgehead atoms. The highest BCUT2D eigenvalue weighted by molar-refractivity contribution is 7.91. The van der Waals surface area contributed by atoms with E-state index in [-0.39, 0.29) is 11.8 Å². The molecule has 4 amide bonds. The van der Waals surface area contributed by atoms with Gasteiger partial charge in [-0.15, -0.1) is 0 Å². The number of hydrogen-bond acceptors (Lipinski definition) is 6. The summed E-state index contributed by atoms with van der Waals surface area (Å²) in [6.45, 7) is 11.0. The lowest BCUT2D eigenvalue weighted by Crippen LogP contribution is -2.59. The Hall–Kier alpha value is -2.27. The first-order chi connectivity index (χ1) is 17.6. The van der Waals surface area contributed by atoms with Crippen molar-refractivity contribution in [3.63, 3.8) is 0 Å². The van der Waals surface area contributed by atoms with Gasteiger partial charge in [-0.05, 0) is 80.1 Å². The number of hydrogen-bond donors (Lipinski definition) is 3. The number of allylic oxidation sites excluding steroid dienone is 1. The molecule has 11 heteroatoms. The fourth-order valence-corrected chi connectivity index (χ4v) is 5.53. The molecule has 0 aromatic carbocycles. The van der Waals surface area contributed by atoms with Crippen molar-refractivity contribution in [1.29, 1.82) is 0 Å². The maximum absolute atomic E-state index is 13.6. The van der Waals surface area contributed by atoms with Crippen molar-refractivity contribution >= 4 is 35.2 Å². The van der Waals surface area contributed by atoms with E-state index in [2.05, 4.69) is 15.4 Å². The molecule has 3 N–H and O–H groups in total. The lowest BCUT2D eigenvalue weighted by atomic mass is 10.0. The molecule has 0 spiro atoms. The number of fused-ring (bicyclic) bond motifs is 2. The first-order valence-corrected chi connectivity index (χ1v) is 14.8. The van der Waals surface area contributed by atoms with E-state index >= 15 is 0 Å². The van der Waals surface area contributed by atoms with Crippen molar-refractivity contribution in [3.8, 4) is 0 Å². The number of rotatable bonds is 3. The van der Waals surface area contributed by atoms with E-state index in [4.69, 9.17) is 4.74 Å². The molecule has 214 valence electrons. The van der Waals surface area contributed by atoms with Crippen molar-refractivity contribution in [2.24, 2.45) is 5.92 Å². The number of carbonyl (C=O) groups is 4. The quantitative estimate of drug-likeness (QED) is 0.363. The minimum absolute atomic E-state index is 0.208. The summed E-state index contributed by atoms with van der Waals surface area (Å²) < 4.78 is 20.0. The Morgan fingerprint density at radius 1 is 1.11 bits per heavy atom. The molecule has 5 atom stereocenters. The lowest BCUT2D eigenvalue weighted by molar-refractivity contribution is -0.141. The zero-order valence-electron chi connectivity index (χ0n) is 23.6. The molecular weight excluding hydrogens is 508 g/mol. The van der Waals surface area contributed by atoms with Gasteiger partial charge in [0.15, 0.2) is 0 Å². The maximum atomic E-state index is 13.6. The lowest BCUT2D eigenvalue weighted by Gasteiger charge is -2.31. The predicted molar refractivity (Wildman–Crippen MR) is 145 cm³/mol. The van der Waals surface area contributed by atoms with Crippen LogP contribution in [0.1, 0.15) is 92.9 Å². The molecule has 1 saturated carbocycles. The van der Waals surface area contributed by atoms with Gasteiger partial charge >= 0.3 is 6.09 Å². The zero-order valence-corrected chi connectivity index (χ0v) is 24.4. The summed E-state index contributed by atoms with van der Waals surface area (Å²) >= 11 is -1.63. The number of amides is 4. The summed E-state index contributed by atoms with van der Waals surface area (Å²) in [5, 5.41) is 5.66. The smallest absolute Gasteiger partial charge is 0.408 e. The number of alkyl carbamates (subject to hydrolysis) is 1. The third kappa shape index (κ3) is 7.65. The van der Waals surface area contributed by atoms with Crippen molar-refractivity contribution < 1.29 is 28.5 Å². The summed E-state index contributed by atoms with van der Waals surface area (Å²) in [4.78, 5) is 54.5. The van der Waals surface area contributed by atoms with Crippen LogP contribution in [0.3, 0.4) is 0 Å². The average molecular weight is 553 g/mol. The van der Waals surface area contributed by atoms with Gasteiger partial charge < -0.3 is 24.8 Å². The molecule has 0 radical (unpaired) electrons. The van der Waals surface area contributed by atoms with E-state index in [9.17, 15) is 23.7 Å². The van der Waals surface area contributed by atoms with Crippen LogP contribution in [0.2, 0.25) is 0 Å². The largest absolute Gasteiger partial charge is 0.593 e. The second kappa shape index (κ2) is 11.9. The summed E-state index contributed by atoms with van der Waals surface area (Å²) in [5.41, 5.74) is -1.90. The molecule has 38 heavy (non-hydrogen) atoms. The Bertz CT molecular complexity index is 943. The Balaban J connectivity index is 1.82. The average Bonchev–Trinajstić information content (AvgIpc) is 3.25. The Morgan fingerprint density at radius 3 is 2.47 bits per heavy atom. The van der Waals surface area contributed by atoms with Gasteiger partial charge in [0.25, 0.3) is 5.91 Å². The normalized spacial score (nSPS) is 30.5. The second-order valence-electron chi connectivity index (χ2n) is 12.5. The first kappa shape index (κ1) is 30.3. The van der Waals surface area contributed by atoms with Crippen molar-refractivity contribution in [1.82, 2.24) is 20.3 Å². The van der Waals surface area contributed by atoms with Gasteiger partial charge in [0.2, 0.25) is 11.8 Å². The van der Waals surface area contributed by atoms with Gasteiger partial charge in [-0.2, -0.15) is 4.72 Å². The standard InChI is InChI=1S/C27H44N4O6S/c1-25(2,3)37-24(35)28-19-14-11-9-7-8-10-13-18-17-27(18,23(34)30-38(36)26(4,5)6)29-21(32)20-15-12-16-31(20)22(19)33/h10,13,18-20H,7-9,11-12,14-17H2,1-6H3,(H,28,35)(H,29,32)(H,30,34)/b13-10-/t18-,19+,20+,27-,38-/m1/s1. The van der Waals surface area contributed by atoms with E-state index < -0.39 is 57.2 Å². The molecule has 2 heterocycles. The molecule has 0 aromatic rings. The van der Waals surface area contributed by atoms with Crippen LogP contribution in [0.15, 0.2) is 12.2 Å². The Labute approximate surface area is 229 Å². The molecule has 0 aromatic heterocycles. The van der Waals surface area contributed by atoms with E-state index in [0.717, 1.165) is 25.7 Å². The molecule has 0 unspecified atom stereocenters. The molecule has 10 nitrogen and oxygen atoms in total. The molecule has 2 fully saturated rings. The molecule has 3 rings (SSSR count). The van der Waals surface area contributed by atoms with Gasteiger partial charge in [-0.25, -0.2) is 4.79 Å². The SMILES string of the molecule is CC(C)(C)OC(=O)N[C@H]1CCCCC/C=C\[C@@H]2C[C@@]2(C(=O)N[S@+]([O-])C(C)(C)C)NC(=O)[C@@H]2CCCN2C1=O. The number of nitrogens with zero attached hydrogens (tertiary/aromatic N) is 1. The van der Waals surface area contributed by atoms with Crippen LogP contribution in [-0.2, 0) is 30.5 Å². The fraction of sp³-hybridized carbons (Fsp3) is 0.778. The van der Waals surface area contributed by atoms with Crippen LogP contribution < -0.4 is 15.4 Å². The van der Waals surface area contributed by atoms with Crippen LogP contribution in [0.4, 0.5) is 4.79 Å². The van der Waals surface area contributed by atoms with Crippen molar-refractivity contribution in [2.45, 2.75) is 121 Å². The van der Waals surface area contributed by atoms with Crippen LogP contribution in [0.25, 0.3) is 0 Å².